The summed E-state index contributed by atoms with van der Waals surface area (Å²) in [6.45, 7) is 1.62. The summed E-state index contributed by atoms with van der Waals surface area (Å²) >= 11 is 1.44. The van der Waals surface area contributed by atoms with Crippen LogP contribution in [0.1, 0.15) is 31.2 Å². The lowest BCUT2D eigenvalue weighted by atomic mass is 10.0. The third-order valence-corrected chi connectivity index (χ3v) is 6.09. The molecule has 0 fully saturated rings. The summed E-state index contributed by atoms with van der Waals surface area (Å²) in [6, 6.07) is 16.3. The Bertz CT molecular complexity index is 1060. The van der Waals surface area contributed by atoms with Gasteiger partial charge in [0.25, 0.3) is 5.91 Å². The van der Waals surface area contributed by atoms with Crippen LogP contribution in [0.25, 0.3) is 0 Å². The Kier molecular flexibility index (Phi) is 5.83. The summed E-state index contributed by atoms with van der Waals surface area (Å²) in [7, 11) is 3.40. The molecule has 154 valence electrons. The zero-order valence-electron chi connectivity index (χ0n) is 16.8. The zero-order valence-corrected chi connectivity index (χ0v) is 17.6. The van der Waals surface area contributed by atoms with Gasteiger partial charge >= 0.3 is 5.97 Å². The smallest absolute Gasteiger partial charge is 0.341 e. The molecule has 0 aliphatic carbocycles. The number of amides is 1. The Morgan fingerprint density at radius 1 is 1.03 bits per heavy atom. The summed E-state index contributed by atoms with van der Waals surface area (Å²) in [5, 5.41) is 3.44. The largest absolute Gasteiger partial charge is 0.465 e. The first-order chi connectivity index (χ1) is 14.5. The van der Waals surface area contributed by atoms with Crippen molar-refractivity contribution in [1.82, 2.24) is 4.90 Å². The average Bonchev–Trinajstić information content (AvgIpc) is 3.11. The number of esters is 1. The van der Waals surface area contributed by atoms with Crippen LogP contribution in [0.2, 0.25) is 0 Å². The number of fused-ring (bicyclic) bond motifs is 1. The van der Waals surface area contributed by atoms with Gasteiger partial charge in [0.2, 0.25) is 0 Å². The van der Waals surface area contributed by atoms with Gasteiger partial charge in [0, 0.05) is 23.5 Å². The van der Waals surface area contributed by atoms with Crippen molar-refractivity contribution in [3.8, 4) is 11.5 Å². The molecule has 2 aromatic carbocycles. The number of benzene rings is 2. The third-order valence-electron chi connectivity index (χ3n) is 4.96. The first-order valence-corrected chi connectivity index (χ1v) is 10.4. The van der Waals surface area contributed by atoms with Gasteiger partial charge in [0.15, 0.2) is 0 Å². The fourth-order valence-corrected chi connectivity index (χ4v) is 4.72. The number of ether oxygens (including phenoxy) is 2. The molecular weight excluding hydrogens is 400 g/mol. The van der Waals surface area contributed by atoms with Crippen molar-refractivity contribution >= 4 is 28.2 Å². The molecular formula is C23H22N2O4S. The van der Waals surface area contributed by atoms with Crippen LogP contribution >= 0.6 is 11.3 Å². The molecule has 3 aromatic rings. The van der Waals surface area contributed by atoms with Gasteiger partial charge in [0.1, 0.15) is 16.5 Å². The summed E-state index contributed by atoms with van der Waals surface area (Å²) < 4.78 is 10.7. The maximum Gasteiger partial charge on any atom is 0.341 e. The van der Waals surface area contributed by atoms with Gasteiger partial charge in [0.05, 0.1) is 12.7 Å². The summed E-state index contributed by atoms with van der Waals surface area (Å²) in [6.07, 6.45) is 0.758. The number of methoxy groups -OCH3 is 1. The van der Waals surface area contributed by atoms with Crippen LogP contribution in [0.3, 0.4) is 0 Å². The van der Waals surface area contributed by atoms with Crippen LogP contribution in [-0.4, -0.2) is 37.5 Å². The lowest BCUT2D eigenvalue weighted by Crippen LogP contribution is -2.26. The van der Waals surface area contributed by atoms with Crippen LogP contribution in [0, 0.1) is 0 Å². The number of nitrogens with one attached hydrogen (secondary N) is 1. The lowest BCUT2D eigenvalue weighted by Gasteiger charge is -2.22. The van der Waals surface area contributed by atoms with E-state index in [0.717, 1.165) is 35.7 Å². The van der Waals surface area contributed by atoms with Crippen LogP contribution < -0.4 is 10.1 Å². The Morgan fingerprint density at radius 3 is 2.43 bits per heavy atom. The van der Waals surface area contributed by atoms with Gasteiger partial charge < -0.3 is 19.7 Å². The molecule has 1 aliphatic heterocycles. The van der Waals surface area contributed by atoms with Gasteiger partial charge in [-0.2, -0.15) is 0 Å². The van der Waals surface area contributed by atoms with Crippen LogP contribution in [-0.2, 0) is 17.7 Å². The molecule has 6 nitrogen and oxygen atoms in total. The maximum absolute atomic E-state index is 12.8. The number of hydrogen-bond donors (Lipinski definition) is 1. The van der Waals surface area contributed by atoms with E-state index >= 15 is 0 Å². The predicted molar refractivity (Wildman–Crippen MR) is 117 cm³/mol. The molecule has 0 radical (unpaired) electrons. The number of anilines is 1. The van der Waals surface area contributed by atoms with Gasteiger partial charge in [-0.05, 0) is 55.4 Å². The second-order valence-electron chi connectivity index (χ2n) is 7.08. The summed E-state index contributed by atoms with van der Waals surface area (Å²) in [5.41, 5.74) is 1.93. The van der Waals surface area contributed by atoms with E-state index in [-0.39, 0.29) is 5.91 Å². The summed E-state index contributed by atoms with van der Waals surface area (Å²) in [4.78, 5) is 28.5. The van der Waals surface area contributed by atoms with E-state index < -0.39 is 5.97 Å². The van der Waals surface area contributed by atoms with E-state index in [0.29, 0.717) is 21.9 Å². The molecule has 0 saturated heterocycles. The molecule has 7 heteroatoms. The fourth-order valence-electron chi connectivity index (χ4n) is 3.41. The van der Waals surface area contributed by atoms with Crippen molar-refractivity contribution in [2.24, 2.45) is 0 Å². The number of nitrogens with zero attached hydrogens (tertiary/aromatic N) is 1. The number of hydrogen-bond acceptors (Lipinski definition) is 6. The Labute approximate surface area is 179 Å². The monoisotopic (exact) mass is 422 g/mol. The lowest BCUT2D eigenvalue weighted by molar-refractivity contribution is 0.0600. The van der Waals surface area contributed by atoms with Crippen molar-refractivity contribution in [2.75, 3.05) is 26.0 Å². The molecule has 0 saturated carbocycles. The van der Waals surface area contributed by atoms with Crippen molar-refractivity contribution in [2.45, 2.75) is 13.0 Å². The highest BCUT2D eigenvalue weighted by Crippen LogP contribution is 2.37. The number of carbonyl (C=O) groups is 2. The molecule has 2 heterocycles. The standard InChI is InChI=1S/C23H22N2O4S/c1-25-13-12-18-19(14-25)30-22(20(18)23(27)28-2)24-21(26)15-8-10-17(11-9-15)29-16-6-4-3-5-7-16/h3-11H,12-14H2,1-2H3,(H,24,26). The number of thiophene rings is 1. The van der Waals surface area contributed by atoms with E-state index in [9.17, 15) is 9.59 Å². The minimum absolute atomic E-state index is 0.279. The average molecular weight is 423 g/mol. The Morgan fingerprint density at radius 2 is 1.73 bits per heavy atom. The van der Waals surface area contributed by atoms with Crippen molar-refractivity contribution < 1.29 is 19.1 Å². The molecule has 1 aliphatic rings. The van der Waals surface area contributed by atoms with Crippen LogP contribution in [0.4, 0.5) is 5.00 Å². The number of likely N-dealkylation sites (N-methyl/N-ethyl adjacent to an activating group) is 1. The third kappa shape index (κ3) is 4.22. The van der Waals surface area contributed by atoms with Gasteiger partial charge in [-0.3, -0.25) is 4.79 Å². The van der Waals surface area contributed by atoms with E-state index in [2.05, 4.69) is 10.2 Å². The SMILES string of the molecule is COC(=O)c1c(NC(=O)c2ccc(Oc3ccccc3)cc2)sc2c1CCN(C)C2. The minimum Gasteiger partial charge on any atom is -0.465 e. The molecule has 0 spiro atoms. The maximum atomic E-state index is 12.8. The molecule has 0 bridgehead atoms. The van der Waals surface area contributed by atoms with E-state index in [1.807, 2.05) is 37.4 Å². The number of rotatable bonds is 5. The van der Waals surface area contributed by atoms with Crippen molar-refractivity contribution in [3.63, 3.8) is 0 Å². The van der Waals surface area contributed by atoms with E-state index in [4.69, 9.17) is 9.47 Å². The topological polar surface area (TPSA) is 67.9 Å². The van der Waals surface area contributed by atoms with Crippen molar-refractivity contribution in [1.29, 1.82) is 0 Å². The molecule has 1 amide bonds. The van der Waals surface area contributed by atoms with E-state index in [1.54, 1.807) is 24.3 Å². The Balaban J connectivity index is 1.53. The summed E-state index contributed by atoms with van der Waals surface area (Å²) in [5.74, 6) is 0.673. The first kappa shape index (κ1) is 20.1. The molecule has 0 atom stereocenters. The van der Waals surface area contributed by atoms with Crippen molar-refractivity contribution in [3.05, 3.63) is 76.2 Å². The number of carbonyl (C=O) groups excluding carboxylic acids is 2. The second kappa shape index (κ2) is 8.69. The Hall–Kier alpha value is -3.16. The molecule has 0 unspecified atom stereocenters. The normalized spacial score (nSPS) is 13.4. The van der Waals surface area contributed by atoms with Gasteiger partial charge in [-0.15, -0.1) is 11.3 Å². The molecule has 1 aromatic heterocycles. The second-order valence-corrected chi connectivity index (χ2v) is 8.19. The minimum atomic E-state index is -0.418. The quantitative estimate of drug-likeness (QED) is 0.610. The molecule has 30 heavy (non-hydrogen) atoms. The highest BCUT2D eigenvalue weighted by Gasteiger charge is 2.28. The van der Waals surface area contributed by atoms with Crippen LogP contribution in [0.15, 0.2) is 54.6 Å². The highest BCUT2D eigenvalue weighted by atomic mass is 32.1. The number of para-hydroxylation sites is 1. The van der Waals surface area contributed by atoms with Gasteiger partial charge in [-0.25, -0.2) is 4.79 Å². The molecule has 4 rings (SSSR count). The predicted octanol–water partition coefficient (Wildman–Crippen LogP) is 4.57. The molecule has 1 N–H and O–H groups in total. The van der Waals surface area contributed by atoms with Crippen LogP contribution in [0.5, 0.6) is 11.5 Å². The highest BCUT2D eigenvalue weighted by molar-refractivity contribution is 7.17. The van der Waals surface area contributed by atoms with Gasteiger partial charge in [-0.1, -0.05) is 18.2 Å². The fraction of sp³-hybridized carbons (Fsp3) is 0.217. The zero-order chi connectivity index (χ0) is 21.1. The first-order valence-electron chi connectivity index (χ1n) is 9.61. The van der Waals surface area contributed by atoms with E-state index in [1.165, 1.54) is 18.4 Å².